The molecule has 1 heterocycles. The lowest BCUT2D eigenvalue weighted by atomic mass is 10.1. The molecule has 4 heteroatoms. The molecule has 2 rings (SSSR count). The molecule has 1 aromatic carbocycles. The number of nitrogens with zero attached hydrogens (tertiary/aromatic N) is 1. The van der Waals surface area contributed by atoms with Crippen LogP contribution in [0, 0.1) is 0 Å². The van der Waals surface area contributed by atoms with Gasteiger partial charge in [0.2, 0.25) is 0 Å². The van der Waals surface area contributed by atoms with E-state index in [-0.39, 0.29) is 12.4 Å². The van der Waals surface area contributed by atoms with Crippen molar-refractivity contribution >= 4 is 24.0 Å². The van der Waals surface area contributed by atoms with Gasteiger partial charge >= 0.3 is 0 Å². The van der Waals surface area contributed by atoms with Crippen LogP contribution in [-0.4, -0.2) is 31.1 Å². The summed E-state index contributed by atoms with van der Waals surface area (Å²) in [5, 5.41) is 4.29. The third-order valence-electron chi connectivity index (χ3n) is 3.49. The van der Waals surface area contributed by atoms with Crippen molar-refractivity contribution in [2.45, 2.75) is 31.8 Å². The Morgan fingerprint density at radius 3 is 2.94 bits per heavy atom. The first-order valence-corrected chi connectivity index (χ1v) is 6.79. The highest BCUT2D eigenvalue weighted by Gasteiger charge is 2.16. The number of nitrogens with one attached hydrogen (secondary N) is 1. The fourth-order valence-electron chi connectivity index (χ4n) is 2.49. The molecule has 2 nitrogen and oxygen atoms in total. The summed E-state index contributed by atoms with van der Waals surface area (Å²) < 4.78 is 0. The van der Waals surface area contributed by atoms with E-state index < -0.39 is 0 Å². The molecule has 1 aliphatic rings. The third kappa shape index (κ3) is 4.77. The van der Waals surface area contributed by atoms with Gasteiger partial charge in [-0.1, -0.05) is 23.7 Å². The molecule has 102 valence electrons. The van der Waals surface area contributed by atoms with Crippen LogP contribution in [-0.2, 0) is 6.54 Å². The Morgan fingerprint density at radius 2 is 2.17 bits per heavy atom. The third-order valence-corrected chi connectivity index (χ3v) is 3.72. The molecule has 1 atom stereocenters. The van der Waals surface area contributed by atoms with Crippen molar-refractivity contribution < 1.29 is 0 Å². The van der Waals surface area contributed by atoms with Crippen LogP contribution >= 0.6 is 24.0 Å². The van der Waals surface area contributed by atoms with E-state index in [4.69, 9.17) is 11.6 Å². The highest BCUT2D eigenvalue weighted by atomic mass is 35.5. The van der Waals surface area contributed by atoms with Crippen LogP contribution in [0.25, 0.3) is 0 Å². The standard InChI is InChI=1S/C14H21ClN2.ClH/c1-17(14-6-3-8-16-9-7-14)11-12-4-2-5-13(15)10-12;/h2,4-5,10,14,16H,3,6-9,11H2,1H3;1H. The highest BCUT2D eigenvalue weighted by molar-refractivity contribution is 6.30. The van der Waals surface area contributed by atoms with E-state index in [0.717, 1.165) is 18.1 Å². The average molecular weight is 289 g/mol. The second kappa shape index (κ2) is 8.00. The molecule has 0 saturated carbocycles. The maximum atomic E-state index is 6.01. The lowest BCUT2D eigenvalue weighted by Gasteiger charge is -2.26. The molecule has 1 fully saturated rings. The van der Waals surface area contributed by atoms with Crippen molar-refractivity contribution in [1.82, 2.24) is 10.2 Å². The summed E-state index contributed by atoms with van der Waals surface area (Å²) in [4.78, 5) is 2.46. The molecule has 1 saturated heterocycles. The van der Waals surface area contributed by atoms with Gasteiger partial charge in [-0.15, -0.1) is 12.4 Å². The molecule has 0 aromatic heterocycles. The van der Waals surface area contributed by atoms with E-state index >= 15 is 0 Å². The molecule has 1 N–H and O–H groups in total. The Labute approximate surface area is 121 Å². The second-order valence-corrected chi connectivity index (χ2v) is 5.32. The minimum absolute atomic E-state index is 0. The summed E-state index contributed by atoms with van der Waals surface area (Å²) >= 11 is 6.01. The first kappa shape index (κ1) is 15.8. The van der Waals surface area contributed by atoms with Crippen molar-refractivity contribution in [1.29, 1.82) is 0 Å². The van der Waals surface area contributed by atoms with Crippen molar-refractivity contribution in [3.63, 3.8) is 0 Å². The number of halogens is 2. The van der Waals surface area contributed by atoms with Gasteiger partial charge in [-0.2, -0.15) is 0 Å². The van der Waals surface area contributed by atoms with Gasteiger partial charge < -0.3 is 5.32 Å². The van der Waals surface area contributed by atoms with Crippen molar-refractivity contribution in [2.24, 2.45) is 0 Å². The molecular weight excluding hydrogens is 267 g/mol. The Balaban J connectivity index is 0.00000162. The lowest BCUT2D eigenvalue weighted by Crippen LogP contribution is -2.31. The second-order valence-electron chi connectivity index (χ2n) is 4.88. The molecule has 0 radical (unpaired) electrons. The maximum absolute atomic E-state index is 6.01. The van der Waals surface area contributed by atoms with Crippen molar-refractivity contribution in [3.8, 4) is 0 Å². The van der Waals surface area contributed by atoms with Gasteiger partial charge in [0.1, 0.15) is 0 Å². The molecule has 0 aliphatic carbocycles. The van der Waals surface area contributed by atoms with Gasteiger partial charge in [-0.3, -0.25) is 4.90 Å². The first-order valence-electron chi connectivity index (χ1n) is 6.41. The Kier molecular flexibility index (Phi) is 7.02. The summed E-state index contributed by atoms with van der Waals surface area (Å²) in [7, 11) is 2.22. The van der Waals surface area contributed by atoms with Crippen LogP contribution in [0.2, 0.25) is 5.02 Å². The zero-order valence-corrected chi connectivity index (χ0v) is 12.4. The van der Waals surface area contributed by atoms with Crippen LogP contribution < -0.4 is 5.32 Å². The van der Waals surface area contributed by atoms with E-state index in [1.807, 2.05) is 12.1 Å². The summed E-state index contributed by atoms with van der Waals surface area (Å²) in [6, 6.07) is 8.87. The Hall–Kier alpha value is -0.280. The van der Waals surface area contributed by atoms with E-state index in [0.29, 0.717) is 6.04 Å². The number of hydrogen-bond acceptors (Lipinski definition) is 2. The van der Waals surface area contributed by atoms with Gasteiger partial charge in [-0.05, 0) is 57.1 Å². The van der Waals surface area contributed by atoms with Crippen LogP contribution in [0.3, 0.4) is 0 Å². The zero-order valence-electron chi connectivity index (χ0n) is 10.9. The molecule has 0 bridgehead atoms. The van der Waals surface area contributed by atoms with Gasteiger partial charge in [0.05, 0.1) is 0 Å². The fraction of sp³-hybridized carbons (Fsp3) is 0.571. The Morgan fingerprint density at radius 1 is 1.33 bits per heavy atom. The van der Waals surface area contributed by atoms with Gasteiger partial charge in [0, 0.05) is 17.6 Å². The molecule has 0 spiro atoms. The molecule has 1 unspecified atom stereocenters. The average Bonchev–Trinajstić information content (AvgIpc) is 2.57. The van der Waals surface area contributed by atoms with Crippen LogP contribution in [0.5, 0.6) is 0 Å². The predicted octanol–water partition coefficient (Wildman–Crippen LogP) is 3.34. The van der Waals surface area contributed by atoms with E-state index in [1.54, 1.807) is 0 Å². The monoisotopic (exact) mass is 288 g/mol. The first-order chi connectivity index (χ1) is 8.25. The smallest absolute Gasteiger partial charge is 0.0409 e. The van der Waals surface area contributed by atoms with Crippen molar-refractivity contribution in [3.05, 3.63) is 34.9 Å². The molecule has 0 amide bonds. The summed E-state index contributed by atoms with van der Waals surface area (Å²) in [5.74, 6) is 0. The molecule has 18 heavy (non-hydrogen) atoms. The molecule has 1 aromatic rings. The van der Waals surface area contributed by atoms with E-state index in [2.05, 4.69) is 29.4 Å². The van der Waals surface area contributed by atoms with E-state index in [9.17, 15) is 0 Å². The number of rotatable bonds is 3. The summed E-state index contributed by atoms with van der Waals surface area (Å²) in [6.45, 7) is 3.30. The van der Waals surface area contributed by atoms with Crippen molar-refractivity contribution in [2.75, 3.05) is 20.1 Å². The lowest BCUT2D eigenvalue weighted by molar-refractivity contribution is 0.216. The van der Waals surface area contributed by atoms with Crippen LogP contribution in [0.1, 0.15) is 24.8 Å². The minimum atomic E-state index is 0. The molecule has 1 aliphatic heterocycles. The normalized spacial score (nSPS) is 20.3. The largest absolute Gasteiger partial charge is 0.317 e. The van der Waals surface area contributed by atoms with Crippen LogP contribution in [0.4, 0.5) is 0 Å². The van der Waals surface area contributed by atoms with Gasteiger partial charge in [0.15, 0.2) is 0 Å². The maximum Gasteiger partial charge on any atom is 0.0409 e. The van der Waals surface area contributed by atoms with Crippen LogP contribution in [0.15, 0.2) is 24.3 Å². The van der Waals surface area contributed by atoms with Gasteiger partial charge in [0.25, 0.3) is 0 Å². The highest BCUT2D eigenvalue weighted by Crippen LogP contribution is 2.17. The van der Waals surface area contributed by atoms with E-state index in [1.165, 1.54) is 31.4 Å². The fourth-order valence-corrected chi connectivity index (χ4v) is 2.71. The number of hydrogen-bond donors (Lipinski definition) is 1. The summed E-state index contributed by atoms with van der Waals surface area (Å²) in [6.07, 6.45) is 3.83. The SMILES string of the molecule is CN(Cc1cccc(Cl)c1)C1CCCNCC1.Cl. The Bertz CT molecular complexity index is 349. The summed E-state index contributed by atoms with van der Waals surface area (Å²) in [5.41, 5.74) is 1.30. The predicted molar refractivity (Wildman–Crippen MR) is 80.7 cm³/mol. The number of benzene rings is 1. The molecular formula is C14H22Cl2N2. The minimum Gasteiger partial charge on any atom is -0.317 e. The quantitative estimate of drug-likeness (QED) is 0.918. The zero-order chi connectivity index (χ0) is 12.1. The van der Waals surface area contributed by atoms with Gasteiger partial charge in [-0.25, -0.2) is 0 Å². The topological polar surface area (TPSA) is 15.3 Å².